The molecule has 2 aromatic rings. The number of ether oxygens (including phenoxy) is 1. The predicted octanol–water partition coefficient (Wildman–Crippen LogP) is 3.01. The van der Waals surface area contributed by atoms with E-state index in [1.54, 1.807) is 31.9 Å². The van der Waals surface area contributed by atoms with Crippen LogP contribution in [0.4, 0.5) is 11.4 Å². The zero-order chi connectivity index (χ0) is 24.0. The summed E-state index contributed by atoms with van der Waals surface area (Å²) >= 11 is 6.27. The van der Waals surface area contributed by atoms with Crippen LogP contribution in [0, 0.1) is 5.41 Å². The number of methoxy groups -OCH3 is 1. The summed E-state index contributed by atoms with van der Waals surface area (Å²) in [7, 11) is -2.25. The first kappa shape index (κ1) is 23.4. The second kappa shape index (κ2) is 8.53. The van der Waals surface area contributed by atoms with Crippen LogP contribution in [-0.2, 0) is 14.8 Å². The highest BCUT2D eigenvalue weighted by Gasteiger charge is 2.50. The number of benzene rings is 2. The number of hydrogen-bond donors (Lipinski definition) is 0. The highest BCUT2D eigenvalue weighted by Crippen LogP contribution is 2.39. The van der Waals surface area contributed by atoms with Crippen molar-refractivity contribution in [2.45, 2.75) is 13.8 Å². The molecule has 2 aliphatic rings. The van der Waals surface area contributed by atoms with Gasteiger partial charge in [0.25, 0.3) is 5.91 Å². The van der Waals surface area contributed by atoms with E-state index in [9.17, 15) is 18.0 Å². The first-order valence-corrected chi connectivity index (χ1v) is 12.6. The second-order valence-electron chi connectivity index (χ2n) is 8.83. The fourth-order valence-corrected chi connectivity index (χ4v) is 6.64. The van der Waals surface area contributed by atoms with Crippen LogP contribution in [0.25, 0.3) is 0 Å². The lowest BCUT2D eigenvalue weighted by Gasteiger charge is -2.36. The minimum Gasteiger partial charge on any atom is -0.495 e. The van der Waals surface area contributed by atoms with Crippen LogP contribution in [0.5, 0.6) is 5.75 Å². The van der Waals surface area contributed by atoms with E-state index in [-0.39, 0.29) is 27.9 Å². The van der Waals surface area contributed by atoms with Crippen LogP contribution in [0.1, 0.15) is 24.2 Å². The monoisotopic (exact) mass is 491 g/mol. The highest BCUT2D eigenvalue weighted by atomic mass is 35.5. The standard InChI is InChI=1S/C23H26ClN3O5S/c1-23(2)15-33(30,31)27(22(23)29)19-14-16(8-9-17(19)24)21(28)26-12-10-25(11-13-26)18-6-4-5-7-20(18)32-3/h4-9,14H,10-13,15H2,1-3H3. The Morgan fingerprint density at radius 3 is 2.30 bits per heavy atom. The number of carbonyl (C=O) groups excluding carboxylic acids is 2. The number of carbonyl (C=O) groups is 2. The first-order valence-electron chi connectivity index (χ1n) is 10.6. The van der Waals surface area contributed by atoms with Crippen molar-refractivity contribution in [1.82, 2.24) is 4.90 Å². The van der Waals surface area contributed by atoms with Gasteiger partial charge in [0, 0.05) is 31.7 Å². The molecule has 0 saturated carbocycles. The number of piperazine rings is 1. The third-order valence-electron chi connectivity index (χ3n) is 5.99. The van der Waals surface area contributed by atoms with Gasteiger partial charge in [-0.25, -0.2) is 12.7 Å². The van der Waals surface area contributed by atoms with Gasteiger partial charge in [-0.3, -0.25) is 9.59 Å². The van der Waals surface area contributed by atoms with Crippen molar-refractivity contribution in [1.29, 1.82) is 0 Å². The third kappa shape index (κ3) is 4.27. The molecule has 2 fully saturated rings. The average molecular weight is 492 g/mol. The van der Waals surface area contributed by atoms with Gasteiger partial charge in [-0.2, -0.15) is 0 Å². The average Bonchev–Trinajstić information content (AvgIpc) is 2.95. The Hall–Kier alpha value is -2.78. The first-order chi connectivity index (χ1) is 15.5. The van der Waals surface area contributed by atoms with Crippen LogP contribution in [0.2, 0.25) is 5.02 Å². The fraction of sp³-hybridized carbons (Fsp3) is 0.391. The van der Waals surface area contributed by atoms with Crippen molar-refractivity contribution in [3.05, 3.63) is 53.1 Å². The molecule has 33 heavy (non-hydrogen) atoms. The summed E-state index contributed by atoms with van der Waals surface area (Å²) in [5, 5.41) is 0.0992. The number of rotatable bonds is 4. The van der Waals surface area contributed by atoms with Crippen molar-refractivity contribution in [2.75, 3.05) is 48.2 Å². The maximum atomic E-state index is 13.2. The normalized spacial score (nSPS) is 19.6. The van der Waals surface area contributed by atoms with E-state index in [0.717, 1.165) is 15.7 Å². The number of nitrogens with zero attached hydrogens (tertiary/aromatic N) is 3. The van der Waals surface area contributed by atoms with Gasteiger partial charge in [0.15, 0.2) is 0 Å². The zero-order valence-corrected chi connectivity index (χ0v) is 20.3. The van der Waals surface area contributed by atoms with E-state index in [2.05, 4.69) is 4.90 Å². The summed E-state index contributed by atoms with van der Waals surface area (Å²) in [6.07, 6.45) is 0. The molecule has 0 bridgehead atoms. The minimum atomic E-state index is -3.88. The molecule has 2 aliphatic heterocycles. The van der Waals surface area contributed by atoms with E-state index in [0.29, 0.717) is 26.2 Å². The van der Waals surface area contributed by atoms with E-state index in [1.807, 2.05) is 24.3 Å². The van der Waals surface area contributed by atoms with Crippen LogP contribution in [0.15, 0.2) is 42.5 Å². The number of sulfonamides is 1. The maximum absolute atomic E-state index is 13.2. The molecule has 4 rings (SSSR count). The molecule has 0 atom stereocenters. The molecule has 2 amide bonds. The van der Waals surface area contributed by atoms with Gasteiger partial charge in [0.2, 0.25) is 15.9 Å². The Morgan fingerprint density at radius 2 is 1.70 bits per heavy atom. The molecule has 0 aliphatic carbocycles. The molecule has 0 unspecified atom stereocenters. The Kier molecular flexibility index (Phi) is 6.05. The molecule has 10 heteroatoms. The smallest absolute Gasteiger partial charge is 0.254 e. The van der Waals surface area contributed by atoms with Gasteiger partial charge in [-0.05, 0) is 44.2 Å². The molecule has 2 aromatic carbocycles. The van der Waals surface area contributed by atoms with Crippen LogP contribution < -0.4 is 13.9 Å². The molecule has 8 nitrogen and oxygen atoms in total. The Labute approximate surface area is 198 Å². The van der Waals surface area contributed by atoms with Crippen molar-refractivity contribution in [3.63, 3.8) is 0 Å². The summed E-state index contributed by atoms with van der Waals surface area (Å²) in [6.45, 7) is 5.39. The quantitative estimate of drug-likeness (QED) is 0.653. The third-order valence-corrected chi connectivity index (χ3v) is 8.31. The molecule has 0 N–H and O–H groups in total. The highest BCUT2D eigenvalue weighted by molar-refractivity contribution is 7.94. The van der Waals surface area contributed by atoms with Crippen molar-refractivity contribution in [2.24, 2.45) is 5.41 Å². The van der Waals surface area contributed by atoms with Gasteiger partial charge >= 0.3 is 0 Å². The number of amides is 2. The van der Waals surface area contributed by atoms with Gasteiger partial charge in [0.1, 0.15) is 5.75 Å². The van der Waals surface area contributed by atoms with E-state index < -0.39 is 21.3 Å². The van der Waals surface area contributed by atoms with E-state index in [1.165, 1.54) is 12.1 Å². The van der Waals surface area contributed by atoms with Gasteiger partial charge in [0.05, 0.1) is 34.7 Å². The molecule has 2 heterocycles. The van der Waals surface area contributed by atoms with Crippen molar-refractivity contribution < 1.29 is 22.7 Å². The Morgan fingerprint density at radius 1 is 1.03 bits per heavy atom. The summed E-state index contributed by atoms with van der Waals surface area (Å²) < 4.78 is 31.5. The Bertz CT molecular complexity index is 1210. The van der Waals surface area contributed by atoms with Crippen molar-refractivity contribution >= 4 is 44.8 Å². The number of hydrogen-bond acceptors (Lipinski definition) is 6. The molecule has 0 aromatic heterocycles. The SMILES string of the molecule is COc1ccccc1N1CCN(C(=O)c2ccc(Cl)c(N3C(=O)C(C)(C)CS3(=O)=O)c2)CC1. The molecule has 0 radical (unpaired) electrons. The summed E-state index contributed by atoms with van der Waals surface area (Å²) in [6, 6.07) is 12.1. The van der Waals surface area contributed by atoms with Crippen molar-refractivity contribution in [3.8, 4) is 5.75 Å². The second-order valence-corrected chi connectivity index (χ2v) is 11.1. The lowest BCUT2D eigenvalue weighted by Crippen LogP contribution is -2.48. The zero-order valence-electron chi connectivity index (χ0n) is 18.7. The lowest BCUT2D eigenvalue weighted by atomic mass is 9.95. The summed E-state index contributed by atoms with van der Waals surface area (Å²) in [5.41, 5.74) is 0.219. The topological polar surface area (TPSA) is 87.2 Å². The van der Waals surface area contributed by atoms with Crippen LogP contribution >= 0.6 is 11.6 Å². The number of halogens is 1. The van der Waals surface area contributed by atoms with Crippen LogP contribution in [-0.4, -0.2) is 64.2 Å². The molecular formula is C23H26ClN3O5S. The Balaban J connectivity index is 1.54. The van der Waals surface area contributed by atoms with Gasteiger partial charge in [-0.1, -0.05) is 23.7 Å². The summed E-state index contributed by atoms with van der Waals surface area (Å²) in [5.74, 6) is -0.326. The number of para-hydroxylation sites is 2. The van der Waals surface area contributed by atoms with Gasteiger partial charge in [-0.15, -0.1) is 0 Å². The van der Waals surface area contributed by atoms with Crippen LogP contribution in [0.3, 0.4) is 0 Å². The fourth-order valence-electron chi connectivity index (χ4n) is 4.27. The number of anilines is 2. The van der Waals surface area contributed by atoms with Gasteiger partial charge < -0.3 is 14.5 Å². The molecular weight excluding hydrogens is 466 g/mol. The van der Waals surface area contributed by atoms with E-state index in [4.69, 9.17) is 16.3 Å². The maximum Gasteiger partial charge on any atom is 0.254 e. The molecule has 2 saturated heterocycles. The molecule has 0 spiro atoms. The largest absolute Gasteiger partial charge is 0.495 e. The minimum absolute atomic E-state index is 0.0192. The molecule has 176 valence electrons. The summed E-state index contributed by atoms with van der Waals surface area (Å²) in [4.78, 5) is 29.9. The van der Waals surface area contributed by atoms with E-state index >= 15 is 0 Å². The predicted molar refractivity (Wildman–Crippen MR) is 128 cm³/mol. The lowest BCUT2D eigenvalue weighted by molar-refractivity contribution is -0.123.